The van der Waals surface area contributed by atoms with Crippen molar-refractivity contribution in [3.63, 3.8) is 0 Å². The van der Waals surface area contributed by atoms with Crippen molar-refractivity contribution in [3.05, 3.63) is 57.1 Å². The van der Waals surface area contributed by atoms with E-state index in [0.717, 1.165) is 17.0 Å². The molecule has 0 bridgehead atoms. The van der Waals surface area contributed by atoms with Crippen molar-refractivity contribution in [1.82, 2.24) is 24.9 Å². The summed E-state index contributed by atoms with van der Waals surface area (Å²) < 4.78 is 1.63. The molecule has 1 amide bonds. The third kappa shape index (κ3) is 3.66. The molecule has 0 radical (unpaired) electrons. The minimum atomic E-state index is -0.189. The first kappa shape index (κ1) is 16.7. The summed E-state index contributed by atoms with van der Waals surface area (Å²) in [6, 6.07) is 7.07. The molecule has 0 saturated heterocycles. The smallest absolute Gasteiger partial charge is 0.252 e. The van der Waals surface area contributed by atoms with Crippen LogP contribution in [0.4, 0.5) is 0 Å². The van der Waals surface area contributed by atoms with Crippen LogP contribution in [0.2, 0.25) is 10.0 Å². The van der Waals surface area contributed by atoms with Gasteiger partial charge < -0.3 is 5.32 Å². The van der Waals surface area contributed by atoms with Crippen molar-refractivity contribution in [2.75, 3.05) is 0 Å². The molecule has 0 aliphatic heterocycles. The maximum atomic E-state index is 12.1. The van der Waals surface area contributed by atoms with E-state index in [1.165, 1.54) is 0 Å². The fraction of sp³-hybridized carbons (Fsp3) is 0.250. The second kappa shape index (κ2) is 6.75. The zero-order chi connectivity index (χ0) is 17.3. The van der Waals surface area contributed by atoms with Crippen LogP contribution < -0.4 is 5.32 Å². The topological polar surface area (TPSA) is 72.2 Å². The van der Waals surface area contributed by atoms with Crippen molar-refractivity contribution in [1.29, 1.82) is 0 Å². The molecular formula is C16H15Cl2N5O. The lowest BCUT2D eigenvalue weighted by atomic mass is 10.2. The van der Waals surface area contributed by atoms with Gasteiger partial charge in [-0.05, 0) is 37.6 Å². The standard InChI is InChI=1S/C16H15Cl2N5O/c1-9-5-10(2)23-16(20-9)21-14(22-23)7-15(24)19-8-11-3-4-12(17)6-13(11)18/h3-6H,7-8H2,1-2H3,(H,19,24). The van der Waals surface area contributed by atoms with Gasteiger partial charge in [0.25, 0.3) is 5.78 Å². The molecule has 1 N–H and O–H groups in total. The molecule has 0 atom stereocenters. The highest BCUT2D eigenvalue weighted by Crippen LogP contribution is 2.20. The summed E-state index contributed by atoms with van der Waals surface area (Å²) in [6.45, 7) is 4.13. The molecule has 6 nitrogen and oxygen atoms in total. The number of hydrogen-bond donors (Lipinski definition) is 1. The molecule has 0 unspecified atom stereocenters. The van der Waals surface area contributed by atoms with Gasteiger partial charge in [0.05, 0.1) is 6.42 Å². The van der Waals surface area contributed by atoms with Crippen LogP contribution in [0, 0.1) is 13.8 Å². The molecule has 2 aromatic heterocycles. The second-order valence-electron chi connectivity index (χ2n) is 5.47. The maximum Gasteiger partial charge on any atom is 0.252 e. The normalized spacial score (nSPS) is 11.0. The first-order chi connectivity index (χ1) is 11.4. The van der Waals surface area contributed by atoms with Gasteiger partial charge in [0, 0.05) is 28.0 Å². The molecule has 0 spiro atoms. The van der Waals surface area contributed by atoms with Crippen LogP contribution in [0.15, 0.2) is 24.3 Å². The Morgan fingerprint density at radius 3 is 2.75 bits per heavy atom. The van der Waals surface area contributed by atoms with E-state index >= 15 is 0 Å². The predicted octanol–water partition coefficient (Wildman–Crippen LogP) is 2.91. The summed E-state index contributed by atoms with van der Waals surface area (Å²) in [6.07, 6.45) is 0.0764. The molecular weight excluding hydrogens is 349 g/mol. The Labute approximate surface area is 148 Å². The van der Waals surface area contributed by atoms with Crippen molar-refractivity contribution in [2.45, 2.75) is 26.8 Å². The Morgan fingerprint density at radius 2 is 2.00 bits per heavy atom. The van der Waals surface area contributed by atoms with Gasteiger partial charge in [-0.25, -0.2) is 9.50 Å². The van der Waals surface area contributed by atoms with Crippen molar-refractivity contribution in [3.8, 4) is 0 Å². The quantitative estimate of drug-likeness (QED) is 0.773. The lowest BCUT2D eigenvalue weighted by Gasteiger charge is -2.06. The van der Waals surface area contributed by atoms with Crippen LogP contribution in [0.5, 0.6) is 0 Å². The Bertz CT molecular complexity index is 922. The highest BCUT2D eigenvalue weighted by molar-refractivity contribution is 6.35. The summed E-state index contributed by atoms with van der Waals surface area (Å²) in [5, 5.41) is 8.19. The van der Waals surface area contributed by atoms with Crippen LogP contribution in [-0.4, -0.2) is 25.5 Å². The number of halogens is 2. The average molecular weight is 364 g/mol. The minimum Gasteiger partial charge on any atom is -0.352 e. The van der Waals surface area contributed by atoms with Gasteiger partial charge in [-0.3, -0.25) is 4.79 Å². The number of aryl methyl sites for hydroxylation is 2. The van der Waals surface area contributed by atoms with Gasteiger partial charge in [-0.2, -0.15) is 4.98 Å². The van der Waals surface area contributed by atoms with Crippen molar-refractivity contribution in [2.24, 2.45) is 0 Å². The number of hydrogen-bond acceptors (Lipinski definition) is 4. The third-order valence-electron chi connectivity index (χ3n) is 3.47. The van der Waals surface area contributed by atoms with Crippen molar-refractivity contribution >= 4 is 34.9 Å². The SMILES string of the molecule is Cc1cc(C)n2nc(CC(=O)NCc3ccc(Cl)cc3Cl)nc2n1. The number of benzene rings is 1. The van der Waals surface area contributed by atoms with E-state index in [2.05, 4.69) is 20.4 Å². The van der Waals surface area contributed by atoms with Crippen molar-refractivity contribution < 1.29 is 4.79 Å². The molecule has 3 aromatic rings. The first-order valence-corrected chi connectivity index (χ1v) is 8.08. The lowest BCUT2D eigenvalue weighted by Crippen LogP contribution is -2.25. The van der Waals surface area contributed by atoms with Crippen LogP contribution in [0.3, 0.4) is 0 Å². The van der Waals surface area contributed by atoms with Gasteiger partial charge in [-0.15, -0.1) is 5.10 Å². The Hall–Kier alpha value is -2.18. The number of carbonyl (C=O) groups is 1. The Kier molecular flexibility index (Phi) is 4.69. The summed E-state index contributed by atoms with van der Waals surface area (Å²) in [4.78, 5) is 20.7. The highest BCUT2D eigenvalue weighted by Gasteiger charge is 2.12. The van der Waals surface area contributed by atoms with E-state index in [4.69, 9.17) is 23.2 Å². The molecule has 0 aliphatic carbocycles. The monoisotopic (exact) mass is 363 g/mol. The van der Waals surface area contributed by atoms with Gasteiger partial charge in [-0.1, -0.05) is 29.3 Å². The fourth-order valence-electron chi connectivity index (χ4n) is 2.35. The summed E-state index contributed by atoms with van der Waals surface area (Å²) in [5.74, 6) is 0.734. The Morgan fingerprint density at radius 1 is 1.21 bits per heavy atom. The number of rotatable bonds is 4. The number of nitrogens with zero attached hydrogens (tertiary/aromatic N) is 4. The molecule has 0 aliphatic rings. The van der Waals surface area contributed by atoms with Crippen LogP contribution in [0.1, 0.15) is 22.8 Å². The third-order valence-corrected chi connectivity index (χ3v) is 4.06. The number of fused-ring (bicyclic) bond motifs is 1. The number of aromatic nitrogens is 4. The van der Waals surface area contributed by atoms with E-state index in [1.54, 1.807) is 22.7 Å². The number of carbonyl (C=O) groups excluding carboxylic acids is 1. The van der Waals surface area contributed by atoms with E-state index in [9.17, 15) is 4.79 Å². The van der Waals surface area contributed by atoms with Crippen LogP contribution in [-0.2, 0) is 17.8 Å². The molecule has 3 rings (SSSR count). The van der Waals surface area contributed by atoms with E-state index in [1.807, 2.05) is 19.9 Å². The molecule has 24 heavy (non-hydrogen) atoms. The molecule has 1 aromatic carbocycles. The summed E-state index contributed by atoms with van der Waals surface area (Å²) >= 11 is 11.9. The summed E-state index contributed by atoms with van der Waals surface area (Å²) in [5.41, 5.74) is 2.58. The number of amides is 1. The fourth-order valence-corrected chi connectivity index (χ4v) is 2.82. The van der Waals surface area contributed by atoms with E-state index in [0.29, 0.717) is 28.2 Å². The zero-order valence-electron chi connectivity index (χ0n) is 13.2. The second-order valence-corrected chi connectivity index (χ2v) is 6.31. The largest absolute Gasteiger partial charge is 0.352 e. The van der Waals surface area contributed by atoms with E-state index < -0.39 is 0 Å². The maximum absolute atomic E-state index is 12.1. The molecule has 0 fully saturated rings. The number of nitrogens with one attached hydrogen (secondary N) is 1. The van der Waals surface area contributed by atoms with Gasteiger partial charge in [0.15, 0.2) is 5.82 Å². The zero-order valence-corrected chi connectivity index (χ0v) is 14.7. The molecule has 124 valence electrons. The lowest BCUT2D eigenvalue weighted by molar-refractivity contribution is -0.120. The highest BCUT2D eigenvalue weighted by atomic mass is 35.5. The summed E-state index contributed by atoms with van der Waals surface area (Å²) in [7, 11) is 0. The first-order valence-electron chi connectivity index (χ1n) is 7.33. The van der Waals surface area contributed by atoms with Gasteiger partial charge >= 0.3 is 0 Å². The Balaban J connectivity index is 1.67. The predicted molar refractivity (Wildman–Crippen MR) is 92.3 cm³/mol. The molecule has 2 heterocycles. The molecule has 8 heteroatoms. The van der Waals surface area contributed by atoms with Crippen LogP contribution >= 0.6 is 23.2 Å². The van der Waals surface area contributed by atoms with Gasteiger partial charge in [0.2, 0.25) is 5.91 Å². The van der Waals surface area contributed by atoms with Gasteiger partial charge in [0.1, 0.15) is 0 Å². The van der Waals surface area contributed by atoms with Crippen LogP contribution in [0.25, 0.3) is 5.78 Å². The average Bonchev–Trinajstić information content (AvgIpc) is 2.89. The van der Waals surface area contributed by atoms with E-state index in [-0.39, 0.29) is 12.3 Å². The molecule has 0 saturated carbocycles. The minimum absolute atomic E-state index is 0.0764.